The van der Waals surface area contributed by atoms with Gasteiger partial charge in [0.2, 0.25) is 0 Å². The Kier molecular flexibility index (Phi) is 6.20. The Labute approximate surface area is 113 Å². The van der Waals surface area contributed by atoms with Gasteiger partial charge in [-0.3, -0.25) is 0 Å². The van der Waals surface area contributed by atoms with Crippen molar-refractivity contribution in [3.63, 3.8) is 0 Å². The summed E-state index contributed by atoms with van der Waals surface area (Å²) in [6.07, 6.45) is 2.98. The van der Waals surface area contributed by atoms with Gasteiger partial charge in [-0.2, -0.15) is 0 Å². The smallest absolute Gasteiger partial charge is 0.0931 e. The fraction of sp³-hybridized carbons (Fsp3) is 0.538. The minimum absolute atomic E-state index is 0.0575. The molecular weight excluding hydrogens is 254 g/mol. The molecular formula is C13H20ClNOS. The van der Waals surface area contributed by atoms with Crippen LogP contribution in [0, 0.1) is 5.41 Å². The lowest BCUT2D eigenvalue weighted by Gasteiger charge is -2.25. The van der Waals surface area contributed by atoms with E-state index in [0.717, 1.165) is 30.5 Å². The molecule has 0 fully saturated rings. The van der Waals surface area contributed by atoms with E-state index in [1.54, 1.807) is 18.4 Å². The van der Waals surface area contributed by atoms with Crippen LogP contribution in [0.25, 0.3) is 0 Å². The maximum Gasteiger partial charge on any atom is 0.0931 e. The largest absolute Gasteiger partial charge is 0.383 e. The highest BCUT2D eigenvalue weighted by molar-refractivity contribution is 7.16. The summed E-state index contributed by atoms with van der Waals surface area (Å²) in [6, 6.07) is 4.04. The lowest BCUT2D eigenvalue weighted by atomic mass is 9.86. The summed E-state index contributed by atoms with van der Waals surface area (Å²) >= 11 is 7.58. The Morgan fingerprint density at radius 3 is 2.88 bits per heavy atom. The SMILES string of the molecule is C=CC(C)(CNCCOC)Cc1ccc(Cl)s1. The van der Waals surface area contributed by atoms with Crippen LogP contribution in [0.2, 0.25) is 4.34 Å². The number of ether oxygens (including phenoxy) is 1. The summed E-state index contributed by atoms with van der Waals surface area (Å²) in [5, 5.41) is 3.38. The van der Waals surface area contributed by atoms with Gasteiger partial charge in [0, 0.05) is 30.5 Å². The molecule has 2 nitrogen and oxygen atoms in total. The van der Waals surface area contributed by atoms with Crippen molar-refractivity contribution in [1.82, 2.24) is 5.32 Å². The first kappa shape index (κ1) is 14.7. The Balaban J connectivity index is 2.47. The molecule has 0 bridgehead atoms. The van der Waals surface area contributed by atoms with E-state index in [1.807, 2.05) is 12.1 Å². The number of nitrogens with one attached hydrogen (secondary N) is 1. The van der Waals surface area contributed by atoms with Gasteiger partial charge in [-0.05, 0) is 18.6 Å². The Morgan fingerprint density at radius 2 is 2.35 bits per heavy atom. The van der Waals surface area contributed by atoms with E-state index in [4.69, 9.17) is 16.3 Å². The van der Waals surface area contributed by atoms with E-state index < -0.39 is 0 Å². The van der Waals surface area contributed by atoms with E-state index in [0.29, 0.717) is 0 Å². The summed E-state index contributed by atoms with van der Waals surface area (Å²) in [4.78, 5) is 1.30. The number of rotatable bonds is 8. The zero-order valence-electron chi connectivity index (χ0n) is 10.5. The van der Waals surface area contributed by atoms with Gasteiger partial charge in [-0.15, -0.1) is 17.9 Å². The summed E-state index contributed by atoms with van der Waals surface area (Å²) in [7, 11) is 1.71. The first-order chi connectivity index (χ1) is 8.09. The first-order valence-electron chi connectivity index (χ1n) is 5.67. The molecule has 96 valence electrons. The molecule has 0 aromatic carbocycles. The van der Waals surface area contributed by atoms with E-state index in [1.165, 1.54) is 4.88 Å². The zero-order chi connectivity index (χ0) is 12.7. The van der Waals surface area contributed by atoms with Gasteiger partial charge in [0.25, 0.3) is 0 Å². The number of hydrogen-bond acceptors (Lipinski definition) is 3. The van der Waals surface area contributed by atoms with Crippen molar-refractivity contribution in [1.29, 1.82) is 0 Å². The highest BCUT2D eigenvalue weighted by atomic mass is 35.5. The standard InChI is InChI=1S/C13H20ClNOS/c1-4-13(2,10-15-7-8-16-3)9-11-5-6-12(14)17-11/h4-6,15H,1,7-10H2,2-3H3. The first-order valence-corrected chi connectivity index (χ1v) is 6.86. The molecule has 0 aliphatic heterocycles. The van der Waals surface area contributed by atoms with Gasteiger partial charge in [-0.1, -0.05) is 24.6 Å². The van der Waals surface area contributed by atoms with Gasteiger partial charge >= 0.3 is 0 Å². The van der Waals surface area contributed by atoms with Crippen molar-refractivity contribution in [2.75, 3.05) is 26.8 Å². The van der Waals surface area contributed by atoms with Crippen LogP contribution in [0.5, 0.6) is 0 Å². The van der Waals surface area contributed by atoms with Gasteiger partial charge in [-0.25, -0.2) is 0 Å². The number of hydrogen-bond donors (Lipinski definition) is 1. The number of thiophene rings is 1. The van der Waals surface area contributed by atoms with Crippen molar-refractivity contribution in [2.24, 2.45) is 5.41 Å². The van der Waals surface area contributed by atoms with E-state index in [9.17, 15) is 0 Å². The third-order valence-electron chi connectivity index (χ3n) is 2.71. The van der Waals surface area contributed by atoms with E-state index in [-0.39, 0.29) is 5.41 Å². The molecule has 0 spiro atoms. The summed E-state index contributed by atoms with van der Waals surface area (Å²) in [5.41, 5.74) is 0.0575. The molecule has 0 saturated heterocycles. The van der Waals surface area contributed by atoms with Crippen molar-refractivity contribution in [2.45, 2.75) is 13.3 Å². The van der Waals surface area contributed by atoms with Crippen molar-refractivity contribution in [3.8, 4) is 0 Å². The molecule has 0 radical (unpaired) electrons. The van der Waals surface area contributed by atoms with Crippen molar-refractivity contribution in [3.05, 3.63) is 34.0 Å². The second-order valence-corrected chi connectivity index (χ2v) is 6.21. The van der Waals surface area contributed by atoms with Gasteiger partial charge in [0.15, 0.2) is 0 Å². The van der Waals surface area contributed by atoms with Crippen LogP contribution < -0.4 is 5.32 Å². The van der Waals surface area contributed by atoms with Crippen LogP contribution in [0.3, 0.4) is 0 Å². The fourth-order valence-electron chi connectivity index (χ4n) is 1.60. The van der Waals surface area contributed by atoms with Crippen LogP contribution in [0.4, 0.5) is 0 Å². The minimum atomic E-state index is 0.0575. The molecule has 1 aromatic rings. The predicted molar refractivity (Wildman–Crippen MR) is 76.1 cm³/mol. The second-order valence-electron chi connectivity index (χ2n) is 4.41. The molecule has 0 amide bonds. The van der Waals surface area contributed by atoms with Crippen molar-refractivity contribution < 1.29 is 4.74 Å². The predicted octanol–water partition coefficient (Wildman–Crippen LogP) is 3.37. The van der Waals surface area contributed by atoms with Gasteiger partial charge in [0.05, 0.1) is 10.9 Å². The van der Waals surface area contributed by atoms with Gasteiger partial charge in [0.1, 0.15) is 0 Å². The van der Waals surface area contributed by atoms with Crippen LogP contribution in [-0.2, 0) is 11.2 Å². The molecule has 0 aliphatic rings. The maximum absolute atomic E-state index is 5.94. The molecule has 1 unspecified atom stereocenters. The topological polar surface area (TPSA) is 21.3 Å². The molecule has 1 heterocycles. The normalized spacial score (nSPS) is 14.5. The van der Waals surface area contributed by atoms with Crippen LogP contribution >= 0.6 is 22.9 Å². The molecule has 4 heteroatoms. The highest BCUT2D eigenvalue weighted by Crippen LogP contribution is 2.29. The maximum atomic E-state index is 5.94. The molecule has 17 heavy (non-hydrogen) atoms. The monoisotopic (exact) mass is 273 g/mol. The van der Waals surface area contributed by atoms with Crippen molar-refractivity contribution >= 4 is 22.9 Å². The lowest BCUT2D eigenvalue weighted by Crippen LogP contribution is -2.33. The number of halogens is 1. The Bertz CT molecular complexity index is 353. The summed E-state index contributed by atoms with van der Waals surface area (Å²) in [5.74, 6) is 0. The summed E-state index contributed by atoms with van der Waals surface area (Å²) < 4.78 is 5.85. The average Bonchev–Trinajstić information content (AvgIpc) is 2.70. The lowest BCUT2D eigenvalue weighted by molar-refractivity contribution is 0.196. The molecule has 1 N–H and O–H groups in total. The molecule has 1 rings (SSSR count). The molecule has 0 saturated carbocycles. The van der Waals surface area contributed by atoms with Gasteiger partial charge < -0.3 is 10.1 Å². The zero-order valence-corrected chi connectivity index (χ0v) is 12.0. The van der Waals surface area contributed by atoms with E-state index in [2.05, 4.69) is 24.9 Å². The average molecular weight is 274 g/mol. The molecule has 1 aromatic heterocycles. The third-order valence-corrected chi connectivity index (χ3v) is 3.94. The fourth-order valence-corrected chi connectivity index (χ4v) is 2.88. The molecule has 0 aliphatic carbocycles. The minimum Gasteiger partial charge on any atom is -0.383 e. The quantitative estimate of drug-likeness (QED) is 0.579. The highest BCUT2D eigenvalue weighted by Gasteiger charge is 2.21. The third kappa shape index (κ3) is 5.21. The number of methoxy groups -OCH3 is 1. The molecule has 1 atom stereocenters. The van der Waals surface area contributed by atoms with E-state index >= 15 is 0 Å². The second kappa shape index (κ2) is 7.17. The summed E-state index contributed by atoms with van der Waals surface area (Å²) in [6.45, 7) is 8.64. The van der Waals surface area contributed by atoms with Crippen LogP contribution in [-0.4, -0.2) is 26.8 Å². The Hall–Kier alpha value is -0.350. The Morgan fingerprint density at radius 1 is 1.59 bits per heavy atom. The van der Waals surface area contributed by atoms with Crippen LogP contribution in [0.1, 0.15) is 11.8 Å². The van der Waals surface area contributed by atoms with Crippen LogP contribution in [0.15, 0.2) is 24.8 Å².